The summed E-state index contributed by atoms with van der Waals surface area (Å²) in [6, 6.07) is 5.51. The number of nitrogens with zero attached hydrogens (tertiary/aromatic N) is 3. The molecule has 0 unspecified atom stereocenters. The fraction of sp³-hybridized carbons (Fsp3) is 0.435. The number of sulfonamides is 1. The van der Waals surface area contributed by atoms with E-state index in [0.29, 0.717) is 31.2 Å². The Morgan fingerprint density at radius 2 is 1.81 bits per heavy atom. The maximum Gasteiger partial charge on any atom is 0.311 e. The Kier molecular flexibility index (Phi) is 6.81. The summed E-state index contributed by atoms with van der Waals surface area (Å²) in [5.74, 6) is -3.03. The first kappa shape index (κ1) is 26.3. The van der Waals surface area contributed by atoms with Gasteiger partial charge in [-0.2, -0.15) is 0 Å². The first-order chi connectivity index (χ1) is 17.3. The van der Waals surface area contributed by atoms with Crippen LogP contribution in [0.2, 0.25) is 0 Å². The summed E-state index contributed by atoms with van der Waals surface area (Å²) in [6.45, 7) is 0.219. The monoisotopic (exact) mass is 532 g/mol. The van der Waals surface area contributed by atoms with Crippen LogP contribution in [0.4, 0.5) is 0 Å². The Hall–Kier alpha value is -3.78. The Morgan fingerprint density at radius 1 is 1.19 bits per heavy atom. The molecule has 198 valence electrons. The minimum absolute atomic E-state index is 0.0510. The fourth-order valence-electron chi connectivity index (χ4n) is 4.79. The quantitative estimate of drug-likeness (QED) is 0.357. The van der Waals surface area contributed by atoms with E-state index < -0.39 is 50.3 Å². The van der Waals surface area contributed by atoms with Gasteiger partial charge in [0.1, 0.15) is 5.82 Å². The zero-order valence-electron chi connectivity index (χ0n) is 20.4. The Morgan fingerprint density at radius 3 is 2.38 bits per heavy atom. The minimum atomic E-state index is -3.87. The third kappa shape index (κ3) is 5.06. The lowest BCUT2D eigenvalue weighted by Gasteiger charge is -2.37. The van der Waals surface area contributed by atoms with E-state index in [4.69, 9.17) is 5.14 Å². The highest BCUT2D eigenvalue weighted by Crippen LogP contribution is 2.42. The number of aromatic nitrogens is 2. The Balaban J connectivity index is 1.65. The van der Waals surface area contributed by atoms with Gasteiger partial charge in [-0.05, 0) is 49.3 Å². The van der Waals surface area contributed by atoms with E-state index >= 15 is 0 Å². The largest absolute Gasteiger partial charge is 0.501 e. The van der Waals surface area contributed by atoms with Crippen molar-refractivity contribution in [3.8, 4) is 5.75 Å². The zero-order chi connectivity index (χ0) is 27.1. The van der Waals surface area contributed by atoms with E-state index in [1.165, 1.54) is 42.9 Å². The second-order valence-corrected chi connectivity index (χ2v) is 11.2. The third-order valence-electron chi connectivity index (χ3n) is 6.85. The molecule has 1 aromatic heterocycles. The van der Waals surface area contributed by atoms with Crippen LogP contribution in [-0.4, -0.2) is 59.8 Å². The summed E-state index contributed by atoms with van der Waals surface area (Å²) < 4.78 is 24.1. The normalized spacial score (nSPS) is 20.5. The molecule has 1 saturated carbocycles. The molecule has 13 nitrogen and oxygen atoms in total. The molecule has 14 heteroatoms. The van der Waals surface area contributed by atoms with E-state index in [1.807, 2.05) is 0 Å². The van der Waals surface area contributed by atoms with Crippen LogP contribution in [0.5, 0.6) is 5.75 Å². The highest BCUT2D eigenvalue weighted by molar-refractivity contribution is 7.89. The summed E-state index contributed by atoms with van der Waals surface area (Å²) in [6.07, 6.45) is 2.16. The third-order valence-corrected chi connectivity index (χ3v) is 7.78. The second-order valence-electron chi connectivity index (χ2n) is 9.60. The SMILES string of the molecule is CN(C)C(=O)C(=O)NC12CCC(CC1)Cn1c2nc(C(=O)NCc2ccc(S(N)(=O)=O)cc2)c(O)c1=O. The van der Waals surface area contributed by atoms with Crippen molar-refractivity contribution < 1.29 is 27.9 Å². The first-order valence-corrected chi connectivity index (χ1v) is 13.1. The summed E-state index contributed by atoms with van der Waals surface area (Å²) in [4.78, 5) is 56.5. The maximum absolute atomic E-state index is 13.1. The highest BCUT2D eigenvalue weighted by atomic mass is 32.2. The molecule has 2 aromatic rings. The topological polar surface area (TPSA) is 194 Å². The summed E-state index contributed by atoms with van der Waals surface area (Å²) in [5, 5.41) is 21.0. The van der Waals surface area contributed by atoms with Crippen molar-refractivity contribution in [2.24, 2.45) is 11.1 Å². The van der Waals surface area contributed by atoms with Crippen molar-refractivity contribution in [1.29, 1.82) is 0 Å². The molecule has 0 radical (unpaired) electrons. The van der Waals surface area contributed by atoms with Gasteiger partial charge in [0.15, 0.2) is 5.69 Å². The number of fused-ring (bicyclic) bond motifs is 2. The number of aromatic hydroxyl groups is 1. The molecule has 5 rings (SSSR count). The van der Waals surface area contributed by atoms with Crippen LogP contribution in [-0.2, 0) is 38.2 Å². The van der Waals surface area contributed by atoms with Gasteiger partial charge in [-0.1, -0.05) is 12.1 Å². The van der Waals surface area contributed by atoms with Crippen LogP contribution in [0.25, 0.3) is 0 Å². The number of nitrogens with one attached hydrogen (secondary N) is 2. The Bertz CT molecular complexity index is 1420. The zero-order valence-corrected chi connectivity index (χ0v) is 21.2. The van der Waals surface area contributed by atoms with Gasteiger partial charge in [0, 0.05) is 27.2 Å². The number of hydrogen-bond acceptors (Lipinski definition) is 8. The van der Waals surface area contributed by atoms with Crippen LogP contribution >= 0.6 is 0 Å². The predicted octanol–water partition coefficient (Wildman–Crippen LogP) is -0.870. The van der Waals surface area contributed by atoms with E-state index in [0.717, 1.165) is 4.90 Å². The average molecular weight is 533 g/mol. The van der Waals surface area contributed by atoms with Gasteiger partial charge in [-0.3, -0.25) is 23.7 Å². The molecule has 5 N–H and O–H groups in total. The summed E-state index contributed by atoms with van der Waals surface area (Å²) in [7, 11) is -0.971. The number of nitrogens with two attached hydrogens (primary N) is 1. The number of amides is 3. The van der Waals surface area contributed by atoms with Crippen molar-refractivity contribution in [2.45, 2.75) is 49.2 Å². The van der Waals surface area contributed by atoms with Gasteiger partial charge in [0.25, 0.3) is 11.5 Å². The van der Waals surface area contributed by atoms with Crippen molar-refractivity contribution >= 4 is 27.7 Å². The smallest absolute Gasteiger partial charge is 0.311 e. The van der Waals surface area contributed by atoms with Crippen LogP contribution in [0.3, 0.4) is 0 Å². The number of rotatable bonds is 5. The number of carbonyl (C=O) groups is 3. The summed E-state index contributed by atoms with van der Waals surface area (Å²) in [5.41, 5.74) is -1.92. The van der Waals surface area contributed by atoms with E-state index in [2.05, 4.69) is 15.6 Å². The minimum Gasteiger partial charge on any atom is -0.501 e. The van der Waals surface area contributed by atoms with Crippen LogP contribution in [0, 0.1) is 5.92 Å². The number of likely N-dealkylation sites (N-methyl/N-ethyl adjacent to an activating group) is 1. The molecule has 2 aliphatic heterocycles. The number of primary sulfonamides is 1. The van der Waals surface area contributed by atoms with Gasteiger partial charge in [0.2, 0.25) is 15.8 Å². The lowest BCUT2D eigenvalue weighted by Crippen LogP contribution is -2.53. The number of benzene rings is 1. The lowest BCUT2D eigenvalue weighted by molar-refractivity contribution is -0.145. The van der Waals surface area contributed by atoms with Crippen LogP contribution in [0.1, 0.15) is 47.6 Å². The molecule has 3 heterocycles. The van der Waals surface area contributed by atoms with Crippen LogP contribution in [0.15, 0.2) is 34.0 Å². The molecule has 3 aliphatic rings. The molecule has 0 atom stereocenters. The second kappa shape index (κ2) is 9.59. The molecule has 0 saturated heterocycles. The average Bonchev–Trinajstić information content (AvgIpc) is 3.09. The van der Waals surface area contributed by atoms with Crippen molar-refractivity contribution in [2.75, 3.05) is 14.1 Å². The maximum atomic E-state index is 13.1. The molecule has 37 heavy (non-hydrogen) atoms. The van der Waals surface area contributed by atoms with Gasteiger partial charge in [-0.25, -0.2) is 18.5 Å². The predicted molar refractivity (Wildman–Crippen MR) is 130 cm³/mol. The molecular weight excluding hydrogens is 504 g/mol. The molecule has 0 spiro atoms. The lowest BCUT2D eigenvalue weighted by atomic mass is 9.77. The van der Waals surface area contributed by atoms with Crippen molar-refractivity contribution in [3.05, 3.63) is 51.7 Å². The number of carbonyl (C=O) groups excluding carboxylic acids is 3. The molecule has 1 fully saturated rings. The summed E-state index contributed by atoms with van der Waals surface area (Å²) >= 11 is 0. The number of hydrogen-bond donors (Lipinski definition) is 4. The van der Waals surface area contributed by atoms with Crippen molar-refractivity contribution in [3.63, 3.8) is 0 Å². The van der Waals surface area contributed by atoms with Gasteiger partial charge in [0.05, 0.1) is 10.4 Å². The van der Waals surface area contributed by atoms with E-state index in [1.54, 1.807) is 0 Å². The van der Waals surface area contributed by atoms with E-state index in [-0.39, 0.29) is 29.7 Å². The first-order valence-electron chi connectivity index (χ1n) is 11.6. The van der Waals surface area contributed by atoms with Crippen LogP contribution < -0.4 is 21.3 Å². The standard InChI is InChI=1S/C23H28N6O7S/c1-28(2)21(34)19(32)27-23-9-7-14(8-10-23)12-29-20(33)17(30)16(26-22(23)29)18(31)25-11-13-3-5-15(6-4-13)37(24,35)36/h3-6,14,30H,7-12H2,1-2H3,(H,25,31)(H,27,32)(H2,24,35,36). The van der Waals surface area contributed by atoms with E-state index in [9.17, 15) is 32.7 Å². The van der Waals surface area contributed by atoms with Gasteiger partial charge >= 0.3 is 11.8 Å². The van der Waals surface area contributed by atoms with Gasteiger partial charge < -0.3 is 20.6 Å². The fourth-order valence-corrected chi connectivity index (χ4v) is 5.31. The Labute approximate surface area is 212 Å². The van der Waals surface area contributed by atoms with Crippen molar-refractivity contribution in [1.82, 2.24) is 25.1 Å². The molecule has 2 bridgehead atoms. The molecule has 1 aliphatic carbocycles. The highest BCUT2D eigenvalue weighted by Gasteiger charge is 2.46. The van der Waals surface area contributed by atoms with Gasteiger partial charge in [-0.15, -0.1) is 0 Å². The molecule has 3 amide bonds. The molecule has 1 aromatic carbocycles. The molecular formula is C23H28N6O7S.